The van der Waals surface area contributed by atoms with Crippen molar-refractivity contribution in [3.63, 3.8) is 0 Å². The molecule has 0 atom stereocenters. The van der Waals surface area contributed by atoms with Gasteiger partial charge in [0, 0.05) is 5.56 Å². The number of aliphatic hydroxyl groups is 1. The van der Waals surface area contributed by atoms with Gasteiger partial charge in [0.1, 0.15) is 17.0 Å². The number of hydrogen-bond acceptors (Lipinski definition) is 3. The molecule has 0 bridgehead atoms. The van der Waals surface area contributed by atoms with Crippen LogP contribution in [0.5, 0.6) is 0 Å². The maximum atomic E-state index is 13.3. The Morgan fingerprint density at radius 3 is 2.12 bits per heavy atom. The molecule has 0 heterocycles. The first kappa shape index (κ1) is 19.9. The van der Waals surface area contributed by atoms with Gasteiger partial charge in [-0.1, -0.05) is 0 Å². The molecule has 1 amide bonds. The summed E-state index contributed by atoms with van der Waals surface area (Å²) in [4.78, 5) is 12.4. The zero-order valence-corrected chi connectivity index (χ0v) is 15.4. The van der Waals surface area contributed by atoms with Gasteiger partial charge >= 0.3 is 12.2 Å². The van der Waals surface area contributed by atoms with Crippen molar-refractivity contribution >= 4 is 12.2 Å². The fraction of sp³-hybridized carbons (Fsp3) is 0.556. The summed E-state index contributed by atoms with van der Waals surface area (Å²) in [6.07, 6.45) is -1.30. The molecule has 5 nitrogen and oxygen atoms in total. The molecule has 0 unspecified atom stereocenters. The SMILES string of the molecule is Cc1cc(F)ccc1C/[N+](C(=O)OC(C)(C)C)=C(/O)OC(C)(C)C. The number of benzene rings is 1. The zero-order chi connectivity index (χ0) is 18.7. The predicted molar refractivity (Wildman–Crippen MR) is 89.8 cm³/mol. The van der Waals surface area contributed by atoms with Crippen LogP contribution in [0.3, 0.4) is 0 Å². The Hall–Kier alpha value is -2.11. The minimum atomic E-state index is -0.743. The molecule has 0 radical (unpaired) electrons. The Morgan fingerprint density at radius 1 is 1.12 bits per heavy atom. The van der Waals surface area contributed by atoms with Crippen molar-refractivity contribution in [1.29, 1.82) is 0 Å². The molecule has 0 aliphatic heterocycles. The molecule has 1 aromatic rings. The number of nitrogens with zero attached hydrogens (tertiary/aromatic N) is 1. The Labute approximate surface area is 142 Å². The maximum absolute atomic E-state index is 13.3. The van der Waals surface area contributed by atoms with Crippen molar-refractivity contribution in [2.75, 3.05) is 0 Å². The molecule has 0 saturated heterocycles. The maximum Gasteiger partial charge on any atom is 0.603 e. The van der Waals surface area contributed by atoms with Crippen LogP contribution >= 0.6 is 0 Å². The second kappa shape index (κ2) is 7.20. The summed E-state index contributed by atoms with van der Waals surface area (Å²) >= 11 is 0. The number of aryl methyl sites for hydroxylation is 1. The lowest BCUT2D eigenvalue weighted by Gasteiger charge is -2.19. The minimum absolute atomic E-state index is 0.00292. The molecule has 1 rings (SSSR count). The fourth-order valence-corrected chi connectivity index (χ4v) is 1.86. The van der Waals surface area contributed by atoms with Gasteiger partial charge in [-0.05, 0) is 76.8 Å². The number of ether oxygens (including phenoxy) is 2. The lowest BCUT2D eigenvalue weighted by Crippen LogP contribution is -2.37. The molecular weight excluding hydrogens is 313 g/mol. The van der Waals surface area contributed by atoms with Crippen molar-refractivity contribution in [1.82, 2.24) is 0 Å². The molecule has 1 N–H and O–H groups in total. The molecule has 0 aliphatic carbocycles. The minimum Gasteiger partial charge on any atom is -0.430 e. The van der Waals surface area contributed by atoms with Crippen LogP contribution in [0, 0.1) is 12.7 Å². The van der Waals surface area contributed by atoms with E-state index in [9.17, 15) is 14.3 Å². The third-order valence-corrected chi connectivity index (χ3v) is 2.88. The molecule has 0 aliphatic rings. The van der Waals surface area contributed by atoms with E-state index >= 15 is 0 Å². The van der Waals surface area contributed by atoms with E-state index in [0.717, 1.165) is 4.58 Å². The van der Waals surface area contributed by atoms with Gasteiger partial charge in [-0.15, -0.1) is 0 Å². The lowest BCUT2D eigenvalue weighted by molar-refractivity contribution is -0.487. The number of aliphatic hydroxyl groups excluding tert-OH is 1. The van der Waals surface area contributed by atoms with Gasteiger partial charge in [-0.25, -0.2) is 4.39 Å². The summed E-state index contributed by atoms with van der Waals surface area (Å²) < 4.78 is 25.0. The van der Waals surface area contributed by atoms with Gasteiger partial charge in [0.05, 0.1) is 0 Å². The summed E-state index contributed by atoms with van der Waals surface area (Å²) in [6, 6.07) is 4.23. The first-order valence-electron chi connectivity index (χ1n) is 7.79. The Kier molecular flexibility index (Phi) is 5.98. The van der Waals surface area contributed by atoms with E-state index in [-0.39, 0.29) is 12.4 Å². The number of rotatable bonds is 2. The van der Waals surface area contributed by atoms with E-state index in [2.05, 4.69) is 0 Å². The van der Waals surface area contributed by atoms with Crippen LogP contribution in [0.2, 0.25) is 0 Å². The van der Waals surface area contributed by atoms with Crippen molar-refractivity contribution < 1.29 is 28.3 Å². The second-order valence-electron chi connectivity index (χ2n) is 7.63. The van der Waals surface area contributed by atoms with Crippen LogP contribution in [0.15, 0.2) is 18.2 Å². The van der Waals surface area contributed by atoms with Crippen molar-refractivity contribution in [3.8, 4) is 0 Å². The highest BCUT2D eigenvalue weighted by Crippen LogP contribution is 2.15. The molecule has 0 aromatic heterocycles. The Balaban J connectivity index is 3.22. The number of halogens is 1. The Morgan fingerprint density at radius 2 is 1.67 bits per heavy atom. The molecule has 0 fully saturated rings. The lowest BCUT2D eigenvalue weighted by atomic mass is 10.1. The fourth-order valence-electron chi connectivity index (χ4n) is 1.86. The quantitative estimate of drug-likeness (QED) is 0.495. The number of amides is 1. The standard InChI is InChI=1S/C18H26FNO4/c1-12-10-14(19)9-8-13(12)11-20(15(21)23-17(2,3)4)16(22)24-18(5,6)7/h8-10H,11H2,1-7H3/p+1. The third-order valence-electron chi connectivity index (χ3n) is 2.88. The number of carbonyl (C=O) groups excluding carboxylic acids is 1. The van der Waals surface area contributed by atoms with Crippen molar-refractivity contribution in [2.24, 2.45) is 0 Å². The van der Waals surface area contributed by atoms with E-state index in [1.165, 1.54) is 12.1 Å². The van der Waals surface area contributed by atoms with Crippen LogP contribution in [-0.4, -0.2) is 33.1 Å². The molecule has 24 heavy (non-hydrogen) atoms. The van der Waals surface area contributed by atoms with E-state index in [1.54, 1.807) is 54.5 Å². The summed E-state index contributed by atoms with van der Waals surface area (Å²) in [5.74, 6) is -0.362. The topological polar surface area (TPSA) is 58.8 Å². The van der Waals surface area contributed by atoms with Gasteiger partial charge in [0.25, 0.3) is 0 Å². The van der Waals surface area contributed by atoms with Gasteiger partial charge in [0.2, 0.25) is 0 Å². The van der Waals surface area contributed by atoms with Gasteiger partial charge in [-0.3, -0.25) is 0 Å². The third kappa shape index (κ3) is 6.56. The van der Waals surface area contributed by atoms with Crippen molar-refractivity contribution in [2.45, 2.75) is 66.2 Å². The van der Waals surface area contributed by atoms with Crippen LogP contribution < -0.4 is 0 Å². The monoisotopic (exact) mass is 340 g/mol. The molecule has 0 spiro atoms. The van der Waals surface area contributed by atoms with Crippen LogP contribution in [0.25, 0.3) is 0 Å². The normalized spacial score (nSPS) is 13.3. The van der Waals surface area contributed by atoms with Crippen LogP contribution in [0.1, 0.15) is 52.7 Å². The van der Waals surface area contributed by atoms with E-state index in [1.807, 2.05) is 0 Å². The highest BCUT2D eigenvalue weighted by molar-refractivity contribution is 5.69. The molecule has 1 aromatic carbocycles. The number of carbonyl (C=O) groups is 1. The van der Waals surface area contributed by atoms with E-state index < -0.39 is 23.4 Å². The number of hydrogen-bond donors (Lipinski definition) is 1. The summed E-state index contributed by atoms with van der Waals surface area (Å²) in [7, 11) is 0. The summed E-state index contributed by atoms with van der Waals surface area (Å²) in [5.41, 5.74) is -0.0874. The largest absolute Gasteiger partial charge is 0.603 e. The van der Waals surface area contributed by atoms with E-state index in [4.69, 9.17) is 9.47 Å². The van der Waals surface area contributed by atoms with Crippen LogP contribution in [0.4, 0.5) is 9.18 Å². The summed E-state index contributed by atoms with van der Waals surface area (Å²) in [6.45, 7) is 12.2. The van der Waals surface area contributed by atoms with Crippen molar-refractivity contribution in [3.05, 3.63) is 35.1 Å². The smallest absolute Gasteiger partial charge is 0.430 e. The highest BCUT2D eigenvalue weighted by Gasteiger charge is 2.34. The van der Waals surface area contributed by atoms with Gasteiger partial charge in [-0.2, -0.15) is 4.79 Å². The van der Waals surface area contributed by atoms with Gasteiger partial charge < -0.3 is 14.6 Å². The van der Waals surface area contributed by atoms with E-state index in [0.29, 0.717) is 11.1 Å². The average Bonchev–Trinajstić information content (AvgIpc) is 2.33. The molecule has 6 heteroatoms. The highest BCUT2D eigenvalue weighted by atomic mass is 19.1. The molecule has 134 valence electrons. The van der Waals surface area contributed by atoms with Gasteiger partial charge in [0.15, 0.2) is 6.54 Å². The summed E-state index contributed by atoms with van der Waals surface area (Å²) in [5, 5.41) is 10.3. The van der Waals surface area contributed by atoms with Crippen LogP contribution in [-0.2, 0) is 16.0 Å². The second-order valence-corrected chi connectivity index (χ2v) is 7.63. The first-order chi connectivity index (χ1) is 10.8. The molecule has 0 saturated carbocycles. The zero-order valence-electron chi connectivity index (χ0n) is 15.4. The average molecular weight is 340 g/mol. The molecular formula is C18H27FNO4+. The Bertz CT molecular complexity index is 639. The first-order valence-corrected chi connectivity index (χ1v) is 7.79. The predicted octanol–water partition coefficient (Wildman–Crippen LogP) is 4.31.